The van der Waals surface area contributed by atoms with Crippen LogP contribution in [0.3, 0.4) is 0 Å². The Kier molecular flexibility index (Phi) is 6.21. The molecule has 1 aromatic rings. The number of carbonyl (C=O) groups excluding carboxylic acids is 2. The van der Waals surface area contributed by atoms with E-state index in [1.807, 2.05) is 0 Å². The van der Waals surface area contributed by atoms with Crippen LogP contribution < -0.4 is 14.8 Å². The van der Waals surface area contributed by atoms with E-state index in [0.717, 1.165) is 0 Å². The fourth-order valence-electron chi connectivity index (χ4n) is 2.86. The van der Waals surface area contributed by atoms with Crippen molar-refractivity contribution in [3.05, 3.63) is 29.8 Å². The number of aliphatic carboxylic acids is 1. The summed E-state index contributed by atoms with van der Waals surface area (Å²) in [5.74, 6) is -3.13. The zero-order valence-corrected chi connectivity index (χ0v) is 14.8. The minimum Gasteiger partial charge on any atom is -0.493 e. The minimum atomic E-state index is -1.03. The maximum atomic E-state index is 12.7. The Balaban J connectivity index is 2.37. The normalized spacial score (nSPS) is 18.7. The van der Waals surface area contributed by atoms with Gasteiger partial charge in [-0.2, -0.15) is 0 Å². The number of carboxylic acids is 1. The van der Waals surface area contributed by atoms with Crippen LogP contribution >= 0.6 is 0 Å². The summed E-state index contributed by atoms with van der Waals surface area (Å²) in [6.07, 6.45) is 4.12. The van der Waals surface area contributed by atoms with E-state index in [2.05, 4.69) is 5.32 Å². The third-order valence-corrected chi connectivity index (χ3v) is 4.27. The van der Waals surface area contributed by atoms with Crippen molar-refractivity contribution < 1.29 is 33.7 Å². The number of rotatable bonds is 6. The largest absolute Gasteiger partial charge is 0.493 e. The summed E-state index contributed by atoms with van der Waals surface area (Å²) in [7, 11) is 4.06. The van der Waals surface area contributed by atoms with Crippen molar-refractivity contribution >= 4 is 23.5 Å². The van der Waals surface area contributed by atoms with Crippen LogP contribution in [0.15, 0.2) is 24.3 Å². The predicted molar refractivity (Wildman–Crippen MR) is 92.5 cm³/mol. The van der Waals surface area contributed by atoms with Gasteiger partial charge in [-0.1, -0.05) is 12.2 Å². The molecule has 0 spiro atoms. The molecule has 8 heteroatoms. The predicted octanol–water partition coefficient (Wildman–Crippen LogP) is 2.10. The van der Waals surface area contributed by atoms with Crippen LogP contribution in [0.5, 0.6) is 11.5 Å². The molecule has 2 unspecified atom stereocenters. The average Bonchev–Trinajstić information content (AvgIpc) is 2.66. The van der Waals surface area contributed by atoms with Crippen molar-refractivity contribution in [3.63, 3.8) is 0 Å². The average molecular weight is 363 g/mol. The van der Waals surface area contributed by atoms with Crippen LogP contribution in [0, 0.1) is 11.8 Å². The molecular weight excluding hydrogens is 342 g/mol. The number of hydrogen-bond acceptors (Lipinski definition) is 6. The number of nitrogens with one attached hydrogen (secondary N) is 1. The van der Waals surface area contributed by atoms with E-state index in [-0.39, 0.29) is 17.7 Å². The molecule has 0 saturated heterocycles. The van der Waals surface area contributed by atoms with E-state index in [1.165, 1.54) is 33.5 Å². The zero-order chi connectivity index (χ0) is 19.3. The first-order valence-electron chi connectivity index (χ1n) is 7.95. The number of benzene rings is 1. The van der Waals surface area contributed by atoms with Gasteiger partial charge in [0.1, 0.15) is 0 Å². The molecule has 2 N–H and O–H groups in total. The Hall–Kier alpha value is -3.03. The first kappa shape index (κ1) is 19.3. The highest BCUT2D eigenvalue weighted by Gasteiger charge is 2.34. The fraction of sp³-hybridized carbons (Fsp3) is 0.389. The SMILES string of the molecule is COC(=O)c1cc(OC)c(OC)cc1NC(=O)C1CC=CCC1C(=O)O. The highest BCUT2D eigenvalue weighted by molar-refractivity contribution is 6.03. The first-order chi connectivity index (χ1) is 12.4. The number of anilines is 1. The van der Waals surface area contributed by atoms with Gasteiger partial charge in [-0.05, 0) is 12.8 Å². The van der Waals surface area contributed by atoms with Crippen molar-refractivity contribution in [3.8, 4) is 11.5 Å². The molecule has 0 aromatic heterocycles. The van der Waals surface area contributed by atoms with Crippen LogP contribution in [0.1, 0.15) is 23.2 Å². The lowest BCUT2D eigenvalue weighted by Gasteiger charge is -2.24. The molecule has 2 atom stereocenters. The van der Waals surface area contributed by atoms with Gasteiger partial charge in [-0.25, -0.2) is 4.79 Å². The lowest BCUT2D eigenvalue weighted by Crippen LogP contribution is -2.35. The summed E-state index contributed by atoms with van der Waals surface area (Å²) in [6, 6.07) is 2.84. The van der Waals surface area contributed by atoms with Gasteiger partial charge in [0.05, 0.1) is 44.4 Å². The monoisotopic (exact) mass is 363 g/mol. The third kappa shape index (κ3) is 3.96. The standard InChI is InChI=1S/C18H21NO7/c1-24-14-8-12(18(23)26-3)13(9-15(14)25-2)19-16(20)10-6-4-5-7-11(10)17(21)22/h4-5,8-11H,6-7H2,1-3H3,(H,19,20)(H,21,22). The molecular formula is C18H21NO7. The fourth-order valence-corrected chi connectivity index (χ4v) is 2.86. The molecule has 1 aliphatic rings. The first-order valence-corrected chi connectivity index (χ1v) is 7.95. The van der Waals surface area contributed by atoms with Gasteiger partial charge in [0.15, 0.2) is 11.5 Å². The van der Waals surface area contributed by atoms with Crippen molar-refractivity contribution in [1.29, 1.82) is 0 Å². The van der Waals surface area contributed by atoms with Gasteiger partial charge < -0.3 is 24.6 Å². The molecule has 1 amide bonds. The third-order valence-electron chi connectivity index (χ3n) is 4.27. The summed E-state index contributed by atoms with van der Waals surface area (Å²) in [6.45, 7) is 0. The van der Waals surface area contributed by atoms with E-state index < -0.39 is 29.7 Å². The molecule has 0 radical (unpaired) electrons. The number of allylic oxidation sites excluding steroid dienone is 2. The maximum absolute atomic E-state index is 12.7. The van der Waals surface area contributed by atoms with Gasteiger partial charge in [-0.15, -0.1) is 0 Å². The highest BCUT2D eigenvalue weighted by atomic mass is 16.5. The molecule has 26 heavy (non-hydrogen) atoms. The van der Waals surface area contributed by atoms with Gasteiger partial charge in [0, 0.05) is 12.1 Å². The van der Waals surface area contributed by atoms with Crippen LogP contribution in [0.2, 0.25) is 0 Å². The number of carbonyl (C=O) groups is 3. The second-order valence-electron chi connectivity index (χ2n) is 5.73. The van der Waals surface area contributed by atoms with Crippen LogP contribution in [0.4, 0.5) is 5.69 Å². The minimum absolute atomic E-state index is 0.0803. The molecule has 140 valence electrons. The molecule has 0 aliphatic heterocycles. The second-order valence-corrected chi connectivity index (χ2v) is 5.73. The van der Waals surface area contributed by atoms with Crippen LogP contribution in [-0.2, 0) is 14.3 Å². The lowest BCUT2D eigenvalue weighted by atomic mass is 9.82. The molecule has 1 aliphatic carbocycles. The van der Waals surface area contributed by atoms with Crippen molar-refractivity contribution in [1.82, 2.24) is 0 Å². The van der Waals surface area contributed by atoms with E-state index >= 15 is 0 Å². The Labute approximate surface area is 150 Å². The molecule has 2 rings (SSSR count). The molecule has 1 aromatic carbocycles. The molecule has 0 fully saturated rings. The molecule has 8 nitrogen and oxygen atoms in total. The molecule has 0 bridgehead atoms. The highest BCUT2D eigenvalue weighted by Crippen LogP contribution is 2.35. The topological polar surface area (TPSA) is 111 Å². The van der Waals surface area contributed by atoms with Crippen LogP contribution in [-0.4, -0.2) is 44.3 Å². The van der Waals surface area contributed by atoms with Crippen molar-refractivity contribution in [2.24, 2.45) is 11.8 Å². The van der Waals surface area contributed by atoms with Crippen molar-refractivity contribution in [2.75, 3.05) is 26.6 Å². The van der Waals surface area contributed by atoms with Gasteiger partial charge in [-0.3, -0.25) is 9.59 Å². The Bertz CT molecular complexity index is 741. The van der Waals surface area contributed by atoms with E-state index in [1.54, 1.807) is 12.2 Å². The number of esters is 1. The number of amides is 1. The number of carboxylic acid groups (broad SMARTS) is 1. The zero-order valence-electron chi connectivity index (χ0n) is 14.8. The molecule has 0 heterocycles. The number of ether oxygens (including phenoxy) is 3. The maximum Gasteiger partial charge on any atom is 0.340 e. The second kappa shape index (κ2) is 8.37. The Morgan fingerprint density at radius 2 is 1.58 bits per heavy atom. The van der Waals surface area contributed by atoms with Crippen molar-refractivity contribution in [2.45, 2.75) is 12.8 Å². The molecule has 0 saturated carbocycles. The van der Waals surface area contributed by atoms with E-state index in [4.69, 9.17) is 14.2 Å². The van der Waals surface area contributed by atoms with Gasteiger partial charge in [0.2, 0.25) is 5.91 Å². The summed E-state index contributed by atoms with van der Waals surface area (Å²) >= 11 is 0. The Morgan fingerprint density at radius 1 is 1.00 bits per heavy atom. The summed E-state index contributed by atoms with van der Waals surface area (Å²) < 4.78 is 15.1. The van der Waals surface area contributed by atoms with Gasteiger partial charge >= 0.3 is 11.9 Å². The van der Waals surface area contributed by atoms with E-state index in [9.17, 15) is 19.5 Å². The van der Waals surface area contributed by atoms with Gasteiger partial charge in [0.25, 0.3) is 0 Å². The number of hydrogen-bond donors (Lipinski definition) is 2. The number of methoxy groups -OCH3 is 3. The summed E-state index contributed by atoms with van der Waals surface area (Å²) in [5.41, 5.74) is 0.245. The smallest absolute Gasteiger partial charge is 0.340 e. The van der Waals surface area contributed by atoms with Crippen LogP contribution in [0.25, 0.3) is 0 Å². The lowest BCUT2D eigenvalue weighted by molar-refractivity contribution is -0.146. The quantitative estimate of drug-likeness (QED) is 0.588. The summed E-state index contributed by atoms with van der Waals surface area (Å²) in [5, 5.41) is 12.0. The van der Waals surface area contributed by atoms with E-state index in [0.29, 0.717) is 17.9 Å². The Morgan fingerprint density at radius 3 is 2.12 bits per heavy atom. The summed E-state index contributed by atoms with van der Waals surface area (Å²) in [4.78, 5) is 36.1.